The lowest BCUT2D eigenvalue weighted by atomic mass is 10.3. The minimum atomic E-state index is -0.153. The van der Waals surface area contributed by atoms with Gasteiger partial charge in [0.1, 0.15) is 0 Å². The second kappa shape index (κ2) is 5.94. The van der Waals surface area contributed by atoms with Crippen molar-refractivity contribution in [2.75, 3.05) is 31.9 Å². The number of amides is 2. The third-order valence-electron chi connectivity index (χ3n) is 3.54. The first kappa shape index (κ1) is 14.4. The molecule has 20 heavy (non-hydrogen) atoms. The number of nitrogens with zero attached hydrogens (tertiary/aromatic N) is 4. The summed E-state index contributed by atoms with van der Waals surface area (Å²) in [6.07, 6.45) is 2.45. The van der Waals surface area contributed by atoms with E-state index in [-0.39, 0.29) is 11.8 Å². The minimum Gasteiger partial charge on any atom is -0.396 e. The van der Waals surface area contributed by atoms with E-state index in [0.717, 1.165) is 6.42 Å². The zero-order valence-corrected chi connectivity index (χ0v) is 12.0. The summed E-state index contributed by atoms with van der Waals surface area (Å²) in [5, 5.41) is 4.21. The number of aromatic nitrogens is 2. The Balaban J connectivity index is 2.09. The van der Waals surface area contributed by atoms with E-state index in [1.165, 1.54) is 0 Å². The molecule has 1 fully saturated rings. The number of aryl methyl sites for hydroxylation is 1. The van der Waals surface area contributed by atoms with Crippen LogP contribution in [0.4, 0.5) is 5.69 Å². The van der Waals surface area contributed by atoms with Crippen LogP contribution in [0.1, 0.15) is 30.8 Å². The predicted molar refractivity (Wildman–Crippen MR) is 75.1 cm³/mol. The zero-order chi connectivity index (χ0) is 14.7. The fraction of sp³-hybridized carbons (Fsp3) is 0.615. The lowest BCUT2D eigenvalue weighted by molar-refractivity contribution is -0.128. The standard InChI is InChI=1S/C13H21N5O2/c1-3-18-9-11(14)12(15-18)13(20)17-6-4-5-16(7-8-17)10(2)19/h9H,3-8,14H2,1-2H3. The monoisotopic (exact) mass is 279 g/mol. The van der Waals surface area contributed by atoms with E-state index >= 15 is 0 Å². The summed E-state index contributed by atoms with van der Waals surface area (Å²) in [4.78, 5) is 27.3. The number of hydrogen-bond donors (Lipinski definition) is 1. The largest absolute Gasteiger partial charge is 0.396 e. The first-order chi connectivity index (χ1) is 9.52. The van der Waals surface area contributed by atoms with E-state index in [0.29, 0.717) is 44.1 Å². The fourth-order valence-electron chi connectivity index (χ4n) is 2.35. The molecule has 0 spiro atoms. The lowest BCUT2D eigenvalue weighted by Crippen LogP contribution is -2.37. The molecular weight excluding hydrogens is 258 g/mol. The van der Waals surface area contributed by atoms with E-state index in [1.54, 1.807) is 27.6 Å². The Labute approximate surface area is 118 Å². The van der Waals surface area contributed by atoms with Crippen LogP contribution in [-0.4, -0.2) is 57.6 Å². The van der Waals surface area contributed by atoms with Crippen LogP contribution in [0.2, 0.25) is 0 Å². The summed E-state index contributed by atoms with van der Waals surface area (Å²) < 4.78 is 1.66. The number of nitrogens with two attached hydrogens (primary N) is 1. The Kier molecular flexibility index (Phi) is 4.26. The van der Waals surface area contributed by atoms with Crippen LogP contribution in [0.5, 0.6) is 0 Å². The van der Waals surface area contributed by atoms with Gasteiger partial charge in [0.15, 0.2) is 5.69 Å². The highest BCUT2D eigenvalue weighted by Crippen LogP contribution is 2.14. The van der Waals surface area contributed by atoms with Gasteiger partial charge in [-0.25, -0.2) is 0 Å². The van der Waals surface area contributed by atoms with E-state index in [4.69, 9.17) is 5.73 Å². The summed E-state index contributed by atoms with van der Waals surface area (Å²) in [7, 11) is 0. The molecule has 1 aliphatic heterocycles. The molecule has 1 aromatic heterocycles. The molecule has 1 aliphatic rings. The van der Waals surface area contributed by atoms with Crippen molar-refractivity contribution in [2.24, 2.45) is 0 Å². The van der Waals surface area contributed by atoms with Gasteiger partial charge < -0.3 is 15.5 Å². The molecule has 0 bridgehead atoms. The molecule has 1 aromatic rings. The van der Waals surface area contributed by atoms with Crippen LogP contribution in [-0.2, 0) is 11.3 Å². The van der Waals surface area contributed by atoms with Crippen LogP contribution in [0.3, 0.4) is 0 Å². The number of anilines is 1. The van der Waals surface area contributed by atoms with Crippen LogP contribution >= 0.6 is 0 Å². The highest BCUT2D eigenvalue weighted by Gasteiger charge is 2.24. The molecule has 2 rings (SSSR count). The Bertz CT molecular complexity index is 511. The van der Waals surface area contributed by atoms with E-state index in [2.05, 4.69) is 5.10 Å². The quantitative estimate of drug-likeness (QED) is 0.837. The molecule has 7 nitrogen and oxygen atoms in total. The number of carbonyl (C=O) groups is 2. The predicted octanol–water partition coefficient (Wildman–Crippen LogP) is 0.180. The van der Waals surface area contributed by atoms with Gasteiger partial charge in [0.25, 0.3) is 5.91 Å². The molecule has 0 aliphatic carbocycles. The summed E-state index contributed by atoms with van der Waals surface area (Å²) in [6, 6.07) is 0. The Morgan fingerprint density at radius 2 is 1.90 bits per heavy atom. The first-order valence-corrected chi connectivity index (χ1v) is 6.90. The molecule has 110 valence electrons. The number of hydrogen-bond acceptors (Lipinski definition) is 4. The van der Waals surface area contributed by atoms with E-state index in [1.807, 2.05) is 6.92 Å². The number of nitrogen functional groups attached to an aromatic ring is 1. The van der Waals surface area contributed by atoms with Crippen LogP contribution in [0.15, 0.2) is 6.20 Å². The fourth-order valence-corrected chi connectivity index (χ4v) is 2.35. The van der Waals surface area contributed by atoms with Gasteiger partial charge in [-0.2, -0.15) is 5.10 Å². The molecule has 2 amide bonds. The van der Waals surface area contributed by atoms with Crippen molar-refractivity contribution in [3.63, 3.8) is 0 Å². The van der Waals surface area contributed by atoms with Crippen LogP contribution in [0, 0.1) is 0 Å². The van der Waals surface area contributed by atoms with Crippen molar-refractivity contribution >= 4 is 17.5 Å². The third kappa shape index (κ3) is 2.92. The maximum absolute atomic E-state index is 12.4. The van der Waals surface area contributed by atoms with Gasteiger partial charge in [-0.15, -0.1) is 0 Å². The van der Waals surface area contributed by atoms with Crippen molar-refractivity contribution < 1.29 is 9.59 Å². The summed E-state index contributed by atoms with van der Waals surface area (Å²) in [5.74, 6) is -0.103. The molecule has 0 aromatic carbocycles. The van der Waals surface area contributed by atoms with E-state index in [9.17, 15) is 9.59 Å². The molecule has 0 radical (unpaired) electrons. The number of rotatable bonds is 2. The zero-order valence-electron chi connectivity index (χ0n) is 12.0. The van der Waals surface area contributed by atoms with Crippen LogP contribution in [0.25, 0.3) is 0 Å². The molecular formula is C13H21N5O2. The third-order valence-corrected chi connectivity index (χ3v) is 3.54. The molecule has 7 heteroatoms. The molecule has 2 N–H and O–H groups in total. The van der Waals surface area contributed by atoms with E-state index < -0.39 is 0 Å². The Morgan fingerprint density at radius 3 is 2.50 bits per heavy atom. The first-order valence-electron chi connectivity index (χ1n) is 6.90. The van der Waals surface area contributed by atoms with Crippen LogP contribution < -0.4 is 5.73 Å². The highest BCUT2D eigenvalue weighted by atomic mass is 16.2. The molecule has 0 saturated carbocycles. The maximum Gasteiger partial charge on any atom is 0.276 e. The molecule has 1 saturated heterocycles. The summed E-state index contributed by atoms with van der Waals surface area (Å²) >= 11 is 0. The van der Waals surface area contributed by atoms with Gasteiger partial charge in [0, 0.05) is 45.8 Å². The van der Waals surface area contributed by atoms with Gasteiger partial charge in [-0.3, -0.25) is 14.3 Å². The lowest BCUT2D eigenvalue weighted by Gasteiger charge is -2.20. The van der Waals surface area contributed by atoms with Gasteiger partial charge in [-0.1, -0.05) is 0 Å². The minimum absolute atomic E-state index is 0.0501. The van der Waals surface area contributed by atoms with Crippen molar-refractivity contribution in [1.29, 1.82) is 0 Å². The average Bonchev–Trinajstić information content (AvgIpc) is 2.64. The molecule has 2 heterocycles. The Hall–Kier alpha value is -2.05. The van der Waals surface area contributed by atoms with Gasteiger partial charge >= 0.3 is 0 Å². The van der Waals surface area contributed by atoms with Crippen molar-refractivity contribution in [3.05, 3.63) is 11.9 Å². The van der Waals surface area contributed by atoms with Crippen molar-refractivity contribution in [1.82, 2.24) is 19.6 Å². The molecule has 0 unspecified atom stereocenters. The average molecular weight is 279 g/mol. The summed E-state index contributed by atoms with van der Waals surface area (Å²) in [6.45, 7) is 6.58. The molecule has 0 atom stereocenters. The summed E-state index contributed by atoms with van der Waals surface area (Å²) in [5.41, 5.74) is 6.56. The van der Waals surface area contributed by atoms with Gasteiger partial charge in [0.2, 0.25) is 5.91 Å². The topological polar surface area (TPSA) is 84.5 Å². The van der Waals surface area contributed by atoms with Crippen molar-refractivity contribution in [2.45, 2.75) is 26.8 Å². The normalized spacial score (nSPS) is 16.1. The highest BCUT2D eigenvalue weighted by molar-refractivity contribution is 5.97. The SMILES string of the molecule is CCn1cc(N)c(C(=O)N2CCCN(C(C)=O)CC2)n1. The van der Waals surface area contributed by atoms with Gasteiger partial charge in [0.05, 0.1) is 5.69 Å². The maximum atomic E-state index is 12.4. The Morgan fingerprint density at radius 1 is 1.25 bits per heavy atom. The van der Waals surface area contributed by atoms with Crippen molar-refractivity contribution in [3.8, 4) is 0 Å². The second-order valence-electron chi connectivity index (χ2n) is 4.94. The second-order valence-corrected chi connectivity index (χ2v) is 4.94. The smallest absolute Gasteiger partial charge is 0.276 e. The number of carbonyl (C=O) groups excluding carboxylic acids is 2. The van der Waals surface area contributed by atoms with Gasteiger partial charge in [-0.05, 0) is 13.3 Å².